The largest absolute Gasteiger partial charge is 0.643 e. The van der Waals surface area contributed by atoms with E-state index in [0.29, 0.717) is 36.0 Å². The molecule has 29 heavy (non-hydrogen) atoms. The van der Waals surface area contributed by atoms with Crippen molar-refractivity contribution in [3.8, 4) is 0 Å². The molecule has 3 rings (SSSR count). The molecule has 2 aromatic carbocycles. The highest BCUT2D eigenvalue weighted by Gasteiger charge is 2.21. The van der Waals surface area contributed by atoms with Crippen LogP contribution in [-0.2, 0) is 17.6 Å². The number of carbonyl (C=O) groups is 2. The summed E-state index contributed by atoms with van der Waals surface area (Å²) in [6, 6.07) is 5.62. The summed E-state index contributed by atoms with van der Waals surface area (Å²) in [7, 11) is 14.8. The second-order valence-electron chi connectivity index (χ2n) is 5.70. The Kier molecular flexibility index (Phi) is 11.6. The van der Waals surface area contributed by atoms with Crippen LogP contribution in [0.15, 0.2) is 30.3 Å². The second kappa shape index (κ2) is 12.8. The third-order valence-electron chi connectivity index (χ3n) is 3.66. The number of hydrogen-bond donors (Lipinski definition) is 0. The third kappa shape index (κ3) is 9.69. The maximum absolute atomic E-state index is 12.6. The van der Waals surface area contributed by atoms with E-state index in [4.69, 9.17) is 41.7 Å². The van der Waals surface area contributed by atoms with Gasteiger partial charge in [0.1, 0.15) is 0 Å². The molecule has 0 fully saturated rings. The van der Waals surface area contributed by atoms with Crippen LogP contribution in [0, 0.1) is 23.3 Å². The van der Waals surface area contributed by atoms with E-state index in [1.165, 1.54) is 6.07 Å². The number of fused-ring (bicyclic) bond motifs is 1. The molecular formula is C18H13AlCl4F4O2. The normalized spacial score (nSPS) is 11.7. The quantitative estimate of drug-likeness (QED) is 0.273. The summed E-state index contributed by atoms with van der Waals surface area (Å²) in [6.45, 7) is 0. The number of carbonyl (C=O) groups excluding carboxylic acids is 2. The Balaban J connectivity index is 0.000000246. The van der Waals surface area contributed by atoms with E-state index in [0.717, 1.165) is 24.3 Å². The SMILES string of the molecule is O=C(Cl)CCc1ccc(F)c(F)c1.O=C1CCc2cc(F)c(F)cc21.[Cl][Al]([Cl])[Cl]. The fourth-order valence-electron chi connectivity index (χ4n) is 2.38. The van der Waals surface area contributed by atoms with Gasteiger partial charge >= 0.3 is 11.4 Å². The molecule has 1 aliphatic carbocycles. The molecule has 0 aromatic heterocycles. The summed E-state index contributed by atoms with van der Waals surface area (Å²) in [6.07, 6.45) is 1.37. The molecule has 156 valence electrons. The van der Waals surface area contributed by atoms with Crippen molar-refractivity contribution >= 4 is 64.2 Å². The van der Waals surface area contributed by atoms with Crippen molar-refractivity contribution in [2.75, 3.05) is 0 Å². The second-order valence-corrected chi connectivity index (χ2v) is 12.6. The molecule has 0 heterocycles. The van der Waals surface area contributed by atoms with Crippen molar-refractivity contribution in [3.63, 3.8) is 0 Å². The van der Waals surface area contributed by atoms with Gasteiger partial charge in [-0.05, 0) is 59.8 Å². The molecule has 0 aliphatic heterocycles. The lowest BCUT2D eigenvalue weighted by molar-refractivity contribution is -0.111. The molecule has 0 radical (unpaired) electrons. The Bertz CT molecular complexity index is 878. The summed E-state index contributed by atoms with van der Waals surface area (Å²) >= 11 is 3.37. The molecule has 11 heteroatoms. The lowest BCUT2D eigenvalue weighted by Crippen LogP contribution is -1.94. The van der Waals surface area contributed by atoms with Crippen LogP contribution in [0.1, 0.15) is 34.3 Å². The summed E-state index contributed by atoms with van der Waals surface area (Å²) in [5, 5.41) is -0.482. The van der Waals surface area contributed by atoms with Crippen molar-refractivity contribution in [1.82, 2.24) is 0 Å². The fraction of sp³-hybridized carbons (Fsp3) is 0.222. The van der Waals surface area contributed by atoms with Gasteiger partial charge in [-0.2, -0.15) is 0 Å². The zero-order valence-electron chi connectivity index (χ0n) is 14.6. The average molecular weight is 506 g/mol. The van der Waals surface area contributed by atoms with Gasteiger partial charge in [-0.25, -0.2) is 47.7 Å². The zero-order chi connectivity index (χ0) is 22.1. The Morgan fingerprint density at radius 3 is 2.00 bits per heavy atom. The van der Waals surface area contributed by atoms with Crippen molar-refractivity contribution in [1.29, 1.82) is 0 Å². The summed E-state index contributed by atoms with van der Waals surface area (Å²) in [4.78, 5) is 21.4. The first-order valence-electron chi connectivity index (χ1n) is 8.06. The summed E-state index contributed by atoms with van der Waals surface area (Å²) in [5.41, 5.74) is 1.53. The van der Waals surface area contributed by atoms with Crippen molar-refractivity contribution in [3.05, 3.63) is 70.3 Å². The Hall–Kier alpha value is -0.808. The van der Waals surface area contributed by atoms with E-state index in [-0.39, 0.29) is 12.2 Å². The highest BCUT2D eigenvalue weighted by molar-refractivity contribution is 7.54. The summed E-state index contributed by atoms with van der Waals surface area (Å²) < 4.78 is 50.3. The van der Waals surface area contributed by atoms with E-state index in [9.17, 15) is 27.2 Å². The molecule has 0 unspecified atom stereocenters. The van der Waals surface area contributed by atoms with Crippen LogP contribution in [0.2, 0.25) is 0 Å². The van der Waals surface area contributed by atoms with Crippen molar-refractivity contribution in [2.24, 2.45) is 0 Å². The Morgan fingerprint density at radius 1 is 0.897 bits per heavy atom. The number of benzene rings is 2. The van der Waals surface area contributed by atoms with Crippen LogP contribution in [0.25, 0.3) is 0 Å². The minimum Gasteiger partial charge on any atom is -0.294 e. The average Bonchev–Trinajstić information content (AvgIpc) is 2.97. The van der Waals surface area contributed by atoms with E-state index in [1.807, 2.05) is 0 Å². The third-order valence-corrected chi connectivity index (χ3v) is 3.85. The number of hydrogen-bond acceptors (Lipinski definition) is 2. The zero-order valence-corrected chi connectivity index (χ0v) is 18.8. The number of halogens is 8. The van der Waals surface area contributed by atoms with Crippen LogP contribution in [-0.4, -0.2) is 22.4 Å². The van der Waals surface area contributed by atoms with Gasteiger partial charge in [0.05, 0.1) is 0 Å². The number of ketones is 1. The Labute approximate surface area is 186 Å². The molecule has 0 saturated carbocycles. The predicted octanol–water partition coefficient (Wildman–Crippen LogP) is 6.44. The molecule has 0 amide bonds. The van der Waals surface area contributed by atoms with Gasteiger partial charge in [-0.1, -0.05) is 6.07 Å². The number of rotatable bonds is 3. The van der Waals surface area contributed by atoms with Gasteiger partial charge in [-0.3, -0.25) is 9.59 Å². The molecule has 2 aromatic rings. The van der Waals surface area contributed by atoms with Crippen molar-refractivity contribution in [2.45, 2.75) is 25.7 Å². The number of Topliss-reactive ketones (excluding diaryl/α,β-unsaturated/α-hetero) is 1. The molecule has 0 bridgehead atoms. The maximum atomic E-state index is 12.6. The molecule has 0 N–H and O–H groups in total. The first kappa shape index (κ1) is 26.2. The molecule has 0 atom stereocenters. The molecule has 0 spiro atoms. The highest BCUT2D eigenvalue weighted by atomic mass is 35.8. The minimum absolute atomic E-state index is 0.0936. The molecular weight excluding hydrogens is 493 g/mol. The van der Waals surface area contributed by atoms with Gasteiger partial charge in [0.15, 0.2) is 29.1 Å². The lowest BCUT2D eigenvalue weighted by Gasteiger charge is -1.98. The van der Waals surface area contributed by atoms with Crippen LogP contribution in [0.4, 0.5) is 17.6 Å². The van der Waals surface area contributed by atoms with E-state index >= 15 is 0 Å². The molecule has 2 nitrogen and oxygen atoms in total. The number of aryl methyl sites for hydroxylation is 2. The molecule has 0 saturated heterocycles. The van der Waals surface area contributed by atoms with Crippen LogP contribution in [0.3, 0.4) is 0 Å². The van der Waals surface area contributed by atoms with E-state index in [1.54, 1.807) is 0 Å². The predicted molar refractivity (Wildman–Crippen MR) is 108 cm³/mol. The monoisotopic (exact) mass is 504 g/mol. The van der Waals surface area contributed by atoms with Crippen LogP contribution < -0.4 is 0 Å². The Morgan fingerprint density at radius 2 is 1.45 bits per heavy atom. The first-order chi connectivity index (χ1) is 13.5. The standard InChI is InChI=1S/C9H7ClF2O.C9H6F2O.Al.3ClH/c10-9(13)4-2-6-1-3-7(11)8(12)5-6;10-7-3-5-1-2-9(12)6(5)4-8(7)11;;;;/h1,3,5H,2,4H2;3-4H,1-2H2;;3*1H/q;;+3;;;/p-3. The van der Waals surface area contributed by atoms with Gasteiger partial charge in [-0.15, -0.1) is 0 Å². The van der Waals surface area contributed by atoms with E-state index < -0.39 is 39.9 Å². The lowest BCUT2D eigenvalue weighted by atomic mass is 10.1. The smallest absolute Gasteiger partial charge is 0.294 e. The van der Waals surface area contributed by atoms with Crippen LogP contribution in [0.5, 0.6) is 0 Å². The maximum Gasteiger partial charge on any atom is 0.643 e. The molecule has 1 aliphatic rings. The van der Waals surface area contributed by atoms with Gasteiger partial charge in [0.2, 0.25) is 5.24 Å². The first-order valence-corrected chi connectivity index (χ1v) is 13.7. The fourth-order valence-corrected chi connectivity index (χ4v) is 2.47. The van der Waals surface area contributed by atoms with Gasteiger partial charge in [0.25, 0.3) is 0 Å². The van der Waals surface area contributed by atoms with E-state index in [2.05, 4.69) is 0 Å². The van der Waals surface area contributed by atoms with Crippen molar-refractivity contribution < 1.29 is 27.2 Å². The topological polar surface area (TPSA) is 34.1 Å². The van der Waals surface area contributed by atoms with Gasteiger partial charge < -0.3 is 0 Å². The minimum atomic E-state index is -1.72. The highest BCUT2D eigenvalue weighted by Crippen LogP contribution is 2.24. The summed E-state index contributed by atoms with van der Waals surface area (Å²) in [5.74, 6) is -3.70. The van der Waals surface area contributed by atoms with Gasteiger partial charge in [0, 0.05) is 18.4 Å². The van der Waals surface area contributed by atoms with Crippen LogP contribution >= 0.6 is 41.7 Å².